The Balaban J connectivity index is 1.07. The van der Waals surface area contributed by atoms with Crippen molar-refractivity contribution in [2.45, 2.75) is 78.6 Å². The largest absolute Gasteiger partial charge is 0.311 e. The molecule has 0 radical (unpaired) electrons. The molecule has 0 saturated carbocycles. The van der Waals surface area contributed by atoms with Crippen molar-refractivity contribution in [3.8, 4) is 62.0 Å². The zero-order chi connectivity index (χ0) is 77.5. The van der Waals surface area contributed by atoms with Gasteiger partial charge in [0.25, 0.3) is 6.71 Å². The van der Waals surface area contributed by atoms with E-state index in [2.05, 4.69) is 192 Å². The Morgan fingerprint density at radius 3 is 1.43 bits per heavy atom. The molecule has 0 saturated heterocycles. The van der Waals surface area contributed by atoms with Crippen LogP contribution < -0.4 is 26.2 Å². The molecule has 2 aromatic heterocycles. The number of aromatic nitrogens is 2. The smallest absolute Gasteiger partial charge is 0.252 e. The lowest BCUT2D eigenvalue weighted by Gasteiger charge is -2.45. The summed E-state index contributed by atoms with van der Waals surface area (Å²) in [6.45, 7) is 19.2. The molecule has 17 rings (SSSR count). The molecule has 0 N–H and O–H groups in total. The van der Waals surface area contributed by atoms with Crippen molar-refractivity contribution in [3.63, 3.8) is 0 Å². The first-order chi connectivity index (χ1) is 52.3. The normalized spacial score (nSPS) is 14.8. The molecule has 6 heteroatoms. The van der Waals surface area contributed by atoms with Crippen LogP contribution in [-0.2, 0) is 16.2 Å². The van der Waals surface area contributed by atoms with Gasteiger partial charge >= 0.3 is 0 Å². The predicted octanol–water partition coefficient (Wildman–Crippen LogP) is 22.4. The van der Waals surface area contributed by atoms with Crippen LogP contribution in [0.25, 0.3) is 99.5 Å². The summed E-state index contributed by atoms with van der Waals surface area (Å²) in [7, 11) is 0. The van der Waals surface area contributed by atoms with Gasteiger partial charge in [0, 0.05) is 61.4 Å². The molecule has 97 heavy (non-hydrogen) atoms. The number of benzene rings is 13. The molecule has 0 amide bonds. The van der Waals surface area contributed by atoms with Gasteiger partial charge in [-0.3, -0.25) is 0 Å². The van der Waals surface area contributed by atoms with Gasteiger partial charge in [-0.05, 0) is 185 Å². The van der Waals surface area contributed by atoms with Crippen LogP contribution in [0.1, 0.15) is 102 Å². The Morgan fingerprint density at radius 2 is 0.804 bits per heavy atom. The standard InChI is InChI=1S/C91H74BN5/c1-89(2,3)67-30-24-29-60(46-67)64-45-63(59-27-14-11-15-28-59)49-72(50-64)96-84-51-61(58-25-12-10-13-26-58)40-43-77(84)92-78-44-42-71(94-79-35-20-16-31-73(79)74-32-17-21-36-80(74)94)56-85(78)95(86-52-66(53-87(96)88(86)92)65-47-68(90(4,5)6)54-69(48-65)91(7,8)9)70-41-39-62(57-93)83(55-70)97-81-37-22-18-33-75(81)76-34-19-23-38-82(76)97/h10-56H,1-9H3/i10D,12D,13D,16D,17D,20D,21D,25D,26D,31D,32D,35D,36D. The monoisotopic (exact) mass is 1260 g/mol. The number of rotatable bonds is 8. The molecule has 4 heterocycles. The third kappa shape index (κ3) is 9.89. The van der Waals surface area contributed by atoms with E-state index in [9.17, 15) is 16.2 Å². The van der Waals surface area contributed by atoms with Gasteiger partial charge in [0.05, 0.1) is 51.1 Å². The van der Waals surface area contributed by atoms with E-state index < -0.39 is 73.2 Å². The van der Waals surface area contributed by atoms with Crippen molar-refractivity contribution in [3.05, 3.63) is 307 Å². The lowest BCUT2D eigenvalue weighted by molar-refractivity contribution is 0.569. The second kappa shape index (κ2) is 22.4. The van der Waals surface area contributed by atoms with Crippen molar-refractivity contribution >= 4 is 101 Å². The maximum atomic E-state index is 11.5. The van der Waals surface area contributed by atoms with Gasteiger partial charge in [-0.1, -0.05) is 256 Å². The number of fused-ring (bicyclic) bond motifs is 10. The zero-order valence-electron chi connectivity index (χ0n) is 68.4. The van der Waals surface area contributed by atoms with Crippen molar-refractivity contribution < 1.29 is 17.8 Å². The SMILES string of the molecule is [2H]c1c([2H])c([2H])c(-c2ccc3c(c2)N(c2cc(-c4ccccc4)cc(-c4cccc(C(C)(C)C)c4)c2)c2cc(-c4cc(C(C)(C)C)cc(C(C)(C)C)c4)cc4c2B3c2ccc(-n3c5c([2H])c([2H])c([2H])c([2H])c5c5c([2H])c([2H])c([2H])c([2H])c53)cc2N4c2ccc(C#N)c(-n3c4ccccc4c4ccccc43)c2)c([2H])c1[2H]. The summed E-state index contributed by atoms with van der Waals surface area (Å²) in [6.07, 6.45) is 0. The molecule has 5 nitrogen and oxygen atoms in total. The summed E-state index contributed by atoms with van der Waals surface area (Å²) < 4.78 is 125. The van der Waals surface area contributed by atoms with E-state index in [1.54, 1.807) is 4.57 Å². The first-order valence-electron chi connectivity index (χ1n) is 39.5. The number of anilines is 6. The number of nitrogens with zero attached hydrogens (tertiary/aromatic N) is 5. The molecular weight excluding hydrogens is 1170 g/mol. The molecule has 0 aliphatic carbocycles. The molecule has 2 aliphatic rings. The molecule has 466 valence electrons. The van der Waals surface area contributed by atoms with E-state index in [-0.39, 0.29) is 55.7 Å². The predicted molar refractivity (Wildman–Crippen MR) is 412 cm³/mol. The van der Waals surface area contributed by atoms with Gasteiger partial charge in [0.1, 0.15) is 6.07 Å². The first-order valence-corrected chi connectivity index (χ1v) is 33.0. The summed E-state index contributed by atoms with van der Waals surface area (Å²) in [6, 6.07) is 66.7. The van der Waals surface area contributed by atoms with Crippen LogP contribution in [0.2, 0.25) is 0 Å². The molecule has 0 fully saturated rings. The van der Waals surface area contributed by atoms with Gasteiger partial charge in [0.15, 0.2) is 0 Å². The van der Waals surface area contributed by atoms with E-state index in [0.717, 1.165) is 99.6 Å². The summed E-state index contributed by atoms with van der Waals surface area (Å²) >= 11 is 0. The summed E-state index contributed by atoms with van der Waals surface area (Å²) in [4.78, 5) is 4.47. The van der Waals surface area contributed by atoms with Crippen LogP contribution in [0, 0.1) is 11.3 Å². The van der Waals surface area contributed by atoms with Crippen LogP contribution in [0.3, 0.4) is 0 Å². The van der Waals surface area contributed by atoms with Crippen LogP contribution in [0.5, 0.6) is 0 Å². The van der Waals surface area contributed by atoms with E-state index in [1.165, 1.54) is 0 Å². The van der Waals surface area contributed by atoms with Gasteiger partial charge in [-0.25, -0.2) is 0 Å². The van der Waals surface area contributed by atoms with Crippen LogP contribution >= 0.6 is 0 Å². The highest BCUT2D eigenvalue weighted by molar-refractivity contribution is 7.00. The second-order valence-electron chi connectivity index (χ2n) is 28.8. The number of hydrogen-bond acceptors (Lipinski definition) is 3. The average molecular weight is 1260 g/mol. The van der Waals surface area contributed by atoms with E-state index in [1.807, 2.05) is 97.1 Å². The number of hydrogen-bond donors (Lipinski definition) is 0. The highest BCUT2D eigenvalue weighted by atomic mass is 15.2. The molecule has 13 aromatic carbocycles. The minimum absolute atomic E-state index is 0.0206. The minimum atomic E-state index is -0.705. The molecule has 15 aromatic rings. The van der Waals surface area contributed by atoms with E-state index >= 15 is 0 Å². The first kappa shape index (κ1) is 46.7. The molecule has 0 unspecified atom stereocenters. The second-order valence-corrected chi connectivity index (χ2v) is 28.8. The fraction of sp³-hybridized carbons (Fsp3) is 0.132. The Morgan fingerprint density at radius 1 is 0.320 bits per heavy atom. The Labute approximate surface area is 587 Å². The lowest BCUT2D eigenvalue weighted by Crippen LogP contribution is -2.61. The maximum Gasteiger partial charge on any atom is 0.252 e. The zero-order valence-corrected chi connectivity index (χ0v) is 55.4. The topological polar surface area (TPSA) is 40.1 Å². The average Bonchev–Trinajstić information content (AvgIpc) is 0.825. The highest BCUT2D eigenvalue weighted by Crippen LogP contribution is 2.50. The van der Waals surface area contributed by atoms with E-state index in [4.69, 9.17) is 6.85 Å². The lowest BCUT2D eigenvalue weighted by atomic mass is 9.33. The number of para-hydroxylation sites is 4. The van der Waals surface area contributed by atoms with Crippen molar-refractivity contribution in [1.29, 1.82) is 5.26 Å². The summed E-state index contributed by atoms with van der Waals surface area (Å²) in [5, 5.41) is 13.3. The van der Waals surface area contributed by atoms with Crippen LogP contribution in [0.15, 0.2) is 285 Å². The Bertz CT molecular complexity index is 6380. The molecule has 0 bridgehead atoms. The fourth-order valence-electron chi connectivity index (χ4n) is 14.7. The quantitative estimate of drug-likeness (QED) is 0.142. The molecular formula is C91H74BN5. The Hall–Kier alpha value is -11.4. The third-order valence-electron chi connectivity index (χ3n) is 19.7. The summed E-state index contributed by atoms with van der Waals surface area (Å²) in [5.74, 6) is 0. The van der Waals surface area contributed by atoms with Crippen molar-refractivity contribution in [2.75, 3.05) is 9.80 Å². The fourth-order valence-corrected chi connectivity index (χ4v) is 14.7. The van der Waals surface area contributed by atoms with Crippen molar-refractivity contribution in [2.24, 2.45) is 0 Å². The maximum absolute atomic E-state index is 11.5. The third-order valence-corrected chi connectivity index (χ3v) is 19.7. The van der Waals surface area contributed by atoms with Gasteiger partial charge in [0.2, 0.25) is 0 Å². The minimum Gasteiger partial charge on any atom is -0.311 e. The van der Waals surface area contributed by atoms with Crippen LogP contribution in [-0.4, -0.2) is 15.8 Å². The number of nitriles is 1. The van der Waals surface area contributed by atoms with E-state index in [0.29, 0.717) is 45.3 Å². The van der Waals surface area contributed by atoms with Gasteiger partial charge < -0.3 is 18.9 Å². The van der Waals surface area contributed by atoms with Crippen LogP contribution in [0.4, 0.5) is 34.1 Å². The highest BCUT2D eigenvalue weighted by Gasteiger charge is 2.45. The van der Waals surface area contributed by atoms with Crippen molar-refractivity contribution in [1.82, 2.24) is 9.13 Å². The van der Waals surface area contributed by atoms with Gasteiger partial charge in [-0.15, -0.1) is 0 Å². The molecule has 0 atom stereocenters. The molecule has 2 aliphatic heterocycles. The Kier molecular flexibility index (Phi) is 10.8. The van der Waals surface area contributed by atoms with Gasteiger partial charge in [-0.2, -0.15) is 5.26 Å². The summed E-state index contributed by atoms with van der Waals surface area (Å²) in [5.41, 5.74) is 17.7. The molecule has 0 spiro atoms.